The van der Waals surface area contributed by atoms with Crippen LogP contribution in [0.1, 0.15) is 71.3 Å². The summed E-state index contributed by atoms with van der Waals surface area (Å²) >= 11 is 1.53. The first-order valence-electron chi connectivity index (χ1n) is 16.1. The zero-order valence-electron chi connectivity index (χ0n) is 28.0. The second-order valence-corrected chi connectivity index (χ2v) is 15.4. The maximum atomic E-state index is 14.1. The molecular weight excluding hydrogens is 608 g/mol. The van der Waals surface area contributed by atoms with Gasteiger partial charge in [-0.1, -0.05) is 30.3 Å². The van der Waals surface area contributed by atoms with Gasteiger partial charge in [-0.05, 0) is 95.1 Å². The van der Waals surface area contributed by atoms with Crippen molar-refractivity contribution in [2.75, 3.05) is 32.7 Å². The van der Waals surface area contributed by atoms with Crippen molar-refractivity contribution in [1.82, 2.24) is 20.9 Å². The zero-order chi connectivity index (χ0) is 33.7. The van der Waals surface area contributed by atoms with E-state index >= 15 is 0 Å². The molecule has 11 nitrogen and oxygen atoms in total. The Morgan fingerprint density at radius 1 is 1.02 bits per heavy atom. The van der Waals surface area contributed by atoms with Crippen LogP contribution in [0, 0.1) is 17.3 Å². The number of benzene rings is 1. The SMILES string of the molecule is COC(=O)C12CC3CC(CC(NC(=O)[C@H](Cc4ccccc4)N(C)C(=O)CNC(=O)[C@@H](CCSC)NC(=O)OC(C)(C)C)(C3)C1)C2. The zero-order valence-corrected chi connectivity index (χ0v) is 28.8. The lowest BCUT2D eigenvalue weighted by molar-refractivity contribution is -0.173. The number of thioether (sulfide) groups is 1. The summed E-state index contributed by atoms with van der Waals surface area (Å²) < 4.78 is 10.6. The van der Waals surface area contributed by atoms with Crippen LogP contribution in [-0.4, -0.2) is 90.6 Å². The van der Waals surface area contributed by atoms with Gasteiger partial charge in [0.05, 0.1) is 19.1 Å². The first kappa shape index (κ1) is 35.6. The molecule has 0 aromatic heterocycles. The Morgan fingerprint density at radius 3 is 2.26 bits per heavy atom. The Hall–Kier alpha value is -3.28. The Labute approximate surface area is 276 Å². The van der Waals surface area contributed by atoms with Gasteiger partial charge in [-0.3, -0.25) is 19.2 Å². The van der Waals surface area contributed by atoms with Crippen LogP contribution in [0.15, 0.2) is 30.3 Å². The highest BCUT2D eigenvalue weighted by atomic mass is 32.2. The normalized spacial score (nSPS) is 26.0. The molecule has 0 radical (unpaired) electrons. The summed E-state index contributed by atoms with van der Waals surface area (Å²) in [5.41, 5.74) is -0.942. The smallest absolute Gasteiger partial charge is 0.408 e. The highest BCUT2D eigenvalue weighted by Crippen LogP contribution is 2.62. The second-order valence-electron chi connectivity index (χ2n) is 14.4. The molecule has 3 N–H and O–H groups in total. The number of nitrogens with zero attached hydrogens (tertiary/aromatic N) is 1. The van der Waals surface area contributed by atoms with Crippen molar-refractivity contribution in [3.8, 4) is 0 Å². The minimum Gasteiger partial charge on any atom is -0.469 e. The van der Waals surface area contributed by atoms with Gasteiger partial charge >= 0.3 is 12.1 Å². The molecule has 4 fully saturated rings. The summed E-state index contributed by atoms with van der Waals surface area (Å²) in [7, 11) is 3.00. The minimum atomic E-state index is -0.887. The molecule has 4 bridgehead atoms. The van der Waals surface area contributed by atoms with Gasteiger partial charge in [-0.15, -0.1) is 0 Å². The van der Waals surface area contributed by atoms with Crippen LogP contribution in [0.5, 0.6) is 0 Å². The molecule has 4 atom stereocenters. The highest BCUT2D eigenvalue weighted by Gasteiger charge is 2.61. The Morgan fingerprint density at radius 2 is 1.67 bits per heavy atom. The fraction of sp³-hybridized carbons (Fsp3) is 0.676. The van der Waals surface area contributed by atoms with Crippen LogP contribution >= 0.6 is 11.8 Å². The molecule has 12 heteroatoms. The highest BCUT2D eigenvalue weighted by molar-refractivity contribution is 7.98. The molecule has 1 aromatic rings. The van der Waals surface area contributed by atoms with Gasteiger partial charge in [0, 0.05) is 19.0 Å². The summed E-state index contributed by atoms with van der Waals surface area (Å²) in [4.78, 5) is 67.5. The monoisotopic (exact) mass is 658 g/mol. The van der Waals surface area contributed by atoms with Gasteiger partial charge < -0.3 is 30.3 Å². The van der Waals surface area contributed by atoms with E-state index in [0.717, 1.165) is 37.7 Å². The molecule has 4 aliphatic rings. The number of carbonyl (C=O) groups is 5. The average Bonchev–Trinajstić information content (AvgIpc) is 2.98. The van der Waals surface area contributed by atoms with Gasteiger partial charge in [0.2, 0.25) is 17.7 Å². The Balaban J connectivity index is 1.46. The number of hydrogen-bond donors (Lipinski definition) is 3. The molecule has 4 saturated carbocycles. The number of ether oxygens (including phenoxy) is 2. The fourth-order valence-corrected chi connectivity index (χ4v) is 8.46. The van der Waals surface area contributed by atoms with Crippen LogP contribution in [-0.2, 0) is 35.1 Å². The lowest BCUT2D eigenvalue weighted by Crippen LogP contribution is -2.67. The summed E-state index contributed by atoms with van der Waals surface area (Å²) in [5.74, 6) is -0.123. The largest absolute Gasteiger partial charge is 0.469 e. The van der Waals surface area contributed by atoms with Crippen LogP contribution in [0.4, 0.5) is 4.79 Å². The van der Waals surface area contributed by atoms with Crippen molar-refractivity contribution < 1.29 is 33.4 Å². The van der Waals surface area contributed by atoms with Crippen LogP contribution in [0.2, 0.25) is 0 Å². The molecule has 254 valence electrons. The lowest BCUT2D eigenvalue weighted by Gasteiger charge is -2.61. The summed E-state index contributed by atoms with van der Waals surface area (Å²) in [6, 6.07) is 7.76. The molecule has 0 heterocycles. The lowest BCUT2D eigenvalue weighted by atomic mass is 9.47. The van der Waals surface area contributed by atoms with E-state index in [4.69, 9.17) is 9.47 Å². The van der Waals surface area contributed by atoms with E-state index in [2.05, 4.69) is 16.0 Å². The summed E-state index contributed by atoms with van der Waals surface area (Å²) in [6.07, 6.45) is 6.62. The van der Waals surface area contributed by atoms with E-state index in [1.165, 1.54) is 23.8 Å². The van der Waals surface area contributed by atoms with E-state index in [1.807, 2.05) is 36.6 Å². The maximum Gasteiger partial charge on any atom is 0.408 e. The third-order valence-corrected chi connectivity index (χ3v) is 10.2. The molecule has 1 aromatic carbocycles. The number of amides is 4. The van der Waals surface area contributed by atoms with E-state index in [1.54, 1.807) is 27.8 Å². The van der Waals surface area contributed by atoms with Crippen LogP contribution in [0.3, 0.4) is 0 Å². The first-order chi connectivity index (χ1) is 21.7. The van der Waals surface area contributed by atoms with Crippen molar-refractivity contribution in [3.05, 3.63) is 35.9 Å². The number of likely N-dealkylation sites (N-methyl/N-ethyl adjacent to an activating group) is 1. The van der Waals surface area contributed by atoms with Crippen molar-refractivity contribution in [2.45, 2.75) is 95.4 Å². The third kappa shape index (κ3) is 8.74. The molecule has 4 aliphatic carbocycles. The molecule has 0 spiro atoms. The Kier molecular flexibility index (Phi) is 11.3. The minimum absolute atomic E-state index is 0.193. The molecular formula is C34H50N4O7S. The van der Waals surface area contributed by atoms with Crippen molar-refractivity contribution >= 4 is 41.5 Å². The fourth-order valence-electron chi connectivity index (χ4n) is 7.99. The van der Waals surface area contributed by atoms with E-state index in [-0.39, 0.29) is 24.8 Å². The maximum absolute atomic E-state index is 14.1. The van der Waals surface area contributed by atoms with E-state index < -0.39 is 46.5 Å². The van der Waals surface area contributed by atoms with Gasteiger partial charge in [-0.25, -0.2) is 4.79 Å². The quantitative estimate of drug-likeness (QED) is 0.274. The summed E-state index contributed by atoms with van der Waals surface area (Å²) in [5, 5.41) is 8.61. The predicted molar refractivity (Wildman–Crippen MR) is 176 cm³/mol. The number of methoxy groups -OCH3 is 1. The topological polar surface area (TPSA) is 143 Å². The number of carbonyl (C=O) groups excluding carboxylic acids is 5. The number of hydrogen-bond acceptors (Lipinski definition) is 8. The van der Waals surface area contributed by atoms with Crippen LogP contribution in [0.25, 0.3) is 0 Å². The molecule has 0 aliphatic heterocycles. The number of rotatable bonds is 13. The van der Waals surface area contributed by atoms with Crippen LogP contribution < -0.4 is 16.0 Å². The second kappa shape index (κ2) is 14.6. The average molecular weight is 659 g/mol. The van der Waals surface area contributed by atoms with Gasteiger partial charge in [-0.2, -0.15) is 11.8 Å². The van der Waals surface area contributed by atoms with E-state index in [0.29, 0.717) is 30.4 Å². The number of esters is 1. The Bertz CT molecular complexity index is 1270. The third-order valence-electron chi connectivity index (χ3n) is 9.54. The number of nitrogens with one attached hydrogen (secondary N) is 3. The van der Waals surface area contributed by atoms with Gasteiger partial charge in [0.1, 0.15) is 17.7 Å². The molecule has 0 saturated heterocycles. The van der Waals surface area contributed by atoms with E-state index in [9.17, 15) is 24.0 Å². The number of alkyl carbamates (subject to hydrolysis) is 1. The van der Waals surface area contributed by atoms with Gasteiger partial charge in [0.15, 0.2) is 0 Å². The van der Waals surface area contributed by atoms with Crippen molar-refractivity contribution in [1.29, 1.82) is 0 Å². The van der Waals surface area contributed by atoms with Gasteiger partial charge in [0.25, 0.3) is 0 Å². The molecule has 46 heavy (non-hydrogen) atoms. The summed E-state index contributed by atoms with van der Waals surface area (Å²) in [6.45, 7) is 4.86. The van der Waals surface area contributed by atoms with Crippen molar-refractivity contribution in [3.63, 3.8) is 0 Å². The molecule has 4 amide bonds. The first-order valence-corrected chi connectivity index (χ1v) is 17.5. The molecule has 2 unspecified atom stereocenters. The van der Waals surface area contributed by atoms with Crippen molar-refractivity contribution in [2.24, 2.45) is 17.3 Å². The molecule has 5 rings (SSSR count). The predicted octanol–water partition coefficient (Wildman–Crippen LogP) is 3.45. The standard InChI is InChI=1S/C34H50N4O7S/c1-32(2,3)45-31(43)36-25(12-13-46-6)28(40)35-20-27(39)38(4)26(15-22-10-8-7-9-11-22)29(41)37-34-18-23-14-24(19-34)17-33(16-23,21-34)30(42)44-5/h7-11,23-26H,12-21H2,1-6H3,(H,35,40)(H,36,43)(H,37,41)/t23?,24?,25-,26+,33?,34?/m1/s1.